The maximum absolute atomic E-state index is 13.1. The number of hydrogen-bond acceptors (Lipinski definition) is 6. The Morgan fingerprint density at radius 3 is 2.67 bits per heavy atom. The number of ether oxygens (including phenoxy) is 1. The number of aryl methyl sites for hydroxylation is 1. The van der Waals surface area contributed by atoms with Gasteiger partial charge < -0.3 is 29.9 Å². The highest BCUT2D eigenvalue weighted by Gasteiger charge is 2.42. The Bertz CT molecular complexity index is 1330. The summed E-state index contributed by atoms with van der Waals surface area (Å²) >= 11 is 6.30. The molecule has 3 N–H and O–H groups in total. The molecule has 8 nitrogen and oxygen atoms in total. The number of rotatable bonds is 1. The molecule has 1 fully saturated rings. The highest BCUT2D eigenvalue weighted by atomic mass is 35.5. The molecule has 226 valence electrons. The fourth-order valence-electron chi connectivity index (χ4n) is 6.35. The summed E-state index contributed by atoms with van der Waals surface area (Å²) in [5.74, 6) is -0.960. The van der Waals surface area contributed by atoms with E-state index >= 15 is 0 Å². The van der Waals surface area contributed by atoms with Gasteiger partial charge in [-0.05, 0) is 97.7 Å². The molecule has 3 aliphatic rings. The molecule has 0 radical (unpaired) electrons. The summed E-state index contributed by atoms with van der Waals surface area (Å²) in [6, 6.07) is 10.8. The highest BCUT2D eigenvalue weighted by Crippen LogP contribution is 2.42. The quantitative estimate of drug-likeness (QED) is 0.401. The monoisotopic (exact) mass is 596 g/mol. The predicted molar refractivity (Wildman–Crippen MR) is 162 cm³/mol. The number of nitrogens with zero attached hydrogens (tertiary/aromatic N) is 2. The molecule has 1 saturated carbocycles. The lowest BCUT2D eigenvalue weighted by Crippen LogP contribution is -2.44. The van der Waals surface area contributed by atoms with E-state index in [-0.39, 0.29) is 17.4 Å². The minimum atomic E-state index is -2.40. The number of benzene rings is 2. The van der Waals surface area contributed by atoms with Gasteiger partial charge in [0.2, 0.25) is 5.91 Å². The fourth-order valence-corrected chi connectivity index (χ4v) is 6.55. The van der Waals surface area contributed by atoms with Crippen LogP contribution in [0.1, 0.15) is 61.6 Å². The third-order valence-corrected chi connectivity index (χ3v) is 9.44. The first-order chi connectivity index (χ1) is 20.2. The van der Waals surface area contributed by atoms with E-state index < -0.39 is 30.0 Å². The Kier molecular flexibility index (Phi) is 9.45. The van der Waals surface area contributed by atoms with Crippen molar-refractivity contribution in [3.8, 4) is 5.75 Å². The zero-order valence-corrected chi connectivity index (χ0v) is 24.9. The van der Waals surface area contributed by atoms with E-state index in [1.165, 1.54) is 4.90 Å². The lowest BCUT2D eigenvalue weighted by molar-refractivity contribution is -0.164. The Labute approximate surface area is 252 Å². The van der Waals surface area contributed by atoms with Gasteiger partial charge in [0.25, 0.3) is 0 Å². The van der Waals surface area contributed by atoms with Crippen LogP contribution in [-0.4, -0.2) is 64.9 Å². The summed E-state index contributed by atoms with van der Waals surface area (Å²) in [5, 5.41) is 33.4. The van der Waals surface area contributed by atoms with Crippen molar-refractivity contribution >= 4 is 29.2 Å². The van der Waals surface area contributed by atoms with Gasteiger partial charge in [-0.2, -0.15) is 0 Å². The number of carbonyl (C=O) groups is 2. The number of anilines is 1. The van der Waals surface area contributed by atoms with E-state index in [0.717, 1.165) is 43.2 Å². The van der Waals surface area contributed by atoms with E-state index in [2.05, 4.69) is 4.90 Å². The van der Waals surface area contributed by atoms with Crippen LogP contribution in [0.5, 0.6) is 5.75 Å². The molecule has 2 bridgehead atoms. The smallest absolute Gasteiger partial charge is 0.340 e. The standard InChI is InChI=1S/C33H41ClN2O6/c1-35-15-5-2-3-8-29(37)27-13-10-23(27)20-36-16-6-4-7-22-17-26(34)12-9-24(22)21-42-30-14-11-25(18-28(30)36)33(41,32(39)40)19-31(35)38/h3,8-9,11-12,14,17-18,23,27,29,37,41H,2,4-7,10,13,15-16,19-21H2,1H3,(H,39,40)/b8-3+/t23-,27+,29-,33+/m0/s1. The number of hydrogen-bond donors (Lipinski definition) is 3. The molecular weight excluding hydrogens is 556 g/mol. The lowest BCUT2D eigenvalue weighted by atomic mass is 9.70. The third kappa shape index (κ3) is 6.61. The van der Waals surface area contributed by atoms with Crippen molar-refractivity contribution in [2.45, 2.75) is 69.7 Å². The van der Waals surface area contributed by atoms with Crippen molar-refractivity contribution in [2.24, 2.45) is 11.8 Å². The molecular formula is C33H41ClN2O6. The Morgan fingerprint density at radius 1 is 1.07 bits per heavy atom. The molecule has 2 heterocycles. The highest BCUT2D eigenvalue weighted by molar-refractivity contribution is 6.30. The predicted octanol–water partition coefficient (Wildman–Crippen LogP) is 4.92. The number of aliphatic hydroxyl groups is 2. The maximum Gasteiger partial charge on any atom is 0.340 e. The Morgan fingerprint density at radius 2 is 1.90 bits per heavy atom. The first-order valence-corrected chi connectivity index (χ1v) is 15.4. The van der Waals surface area contributed by atoms with Gasteiger partial charge in [-0.3, -0.25) is 4.79 Å². The van der Waals surface area contributed by atoms with Crippen LogP contribution >= 0.6 is 11.6 Å². The number of carbonyl (C=O) groups excluding carboxylic acids is 1. The summed E-state index contributed by atoms with van der Waals surface area (Å²) < 4.78 is 6.39. The van der Waals surface area contributed by atoms with Crippen LogP contribution in [0.4, 0.5) is 5.69 Å². The van der Waals surface area contributed by atoms with Crippen molar-refractivity contribution in [1.29, 1.82) is 0 Å². The summed E-state index contributed by atoms with van der Waals surface area (Å²) in [6.07, 6.45) is 8.69. The van der Waals surface area contributed by atoms with Crippen molar-refractivity contribution in [3.05, 3.63) is 70.3 Å². The number of carboxylic acids is 1. The van der Waals surface area contributed by atoms with Gasteiger partial charge in [-0.25, -0.2) is 4.79 Å². The molecule has 2 aliphatic heterocycles. The van der Waals surface area contributed by atoms with Gasteiger partial charge in [0, 0.05) is 31.7 Å². The Balaban J connectivity index is 1.57. The van der Waals surface area contributed by atoms with Crippen LogP contribution < -0.4 is 9.64 Å². The normalized spacial score (nSPS) is 28.2. The molecule has 5 rings (SSSR count). The van der Waals surface area contributed by atoms with Gasteiger partial charge in [-0.1, -0.05) is 35.9 Å². The van der Waals surface area contributed by atoms with Crippen molar-refractivity contribution in [3.63, 3.8) is 0 Å². The second-order valence-electron chi connectivity index (χ2n) is 12.0. The van der Waals surface area contributed by atoms with Crippen LogP contribution in [0.3, 0.4) is 0 Å². The van der Waals surface area contributed by atoms with Crippen LogP contribution in [0.15, 0.2) is 48.6 Å². The van der Waals surface area contributed by atoms with Gasteiger partial charge in [0.15, 0.2) is 5.60 Å². The van der Waals surface area contributed by atoms with Crippen LogP contribution in [-0.2, 0) is 28.2 Å². The molecule has 9 heteroatoms. The second-order valence-corrected chi connectivity index (χ2v) is 12.4. The van der Waals surface area contributed by atoms with E-state index in [1.807, 2.05) is 30.4 Å². The van der Waals surface area contributed by atoms with Crippen LogP contribution in [0, 0.1) is 11.8 Å². The molecule has 4 atom stereocenters. The van der Waals surface area contributed by atoms with Crippen molar-refractivity contribution in [2.75, 3.05) is 31.6 Å². The van der Waals surface area contributed by atoms with Gasteiger partial charge in [0.1, 0.15) is 12.4 Å². The van der Waals surface area contributed by atoms with Crippen LogP contribution in [0.2, 0.25) is 5.02 Å². The van der Waals surface area contributed by atoms with E-state index in [4.69, 9.17) is 16.3 Å². The SMILES string of the molecule is CN1CCC/C=C/[C@H](O)[C@@H]2CC[C@H]2CN2CCCCc3cc(Cl)ccc3COc3ccc(cc32)[C@@](O)(C(=O)O)CC1=O. The first kappa shape index (κ1) is 30.4. The number of aliphatic carboxylic acids is 1. The number of aliphatic hydroxyl groups excluding tert-OH is 1. The van der Waals surface area contributed by atoms with Gasteiger partial charge in [0.05, 0.1) is 18.2 Å². The molecule has 1 amide bonds. The molecule has 1 aliphatic carbocycles. The zero-order chi connectivity index (χ0) is 29.9. The summed E-state index contributed by atoms with van der Waals surface area (Å²) in [5.41, 5.74) is 0.614. The topological polar surface area (TPSA) is 111 Å². The average Bonchev–Trinajstić information content (AvgIpc) is 2.97. The molecule has 0 unspecified atom stereocenters. The summed E-state index contributed by atoms with van der Waals surface area (Å²) in [7, 11) is 1.62. The number of fused-ring (bicyclic) bond motifs is 3. The number of halogens is 1. The van der Waals surface area contributed by atoms with Gasteiger partial charge in [-0.15, -0.1) is 0 Å². The number of amides is 1. The van der Waals surface area contributed by atoms with Gasteiger partial charge >= 0.3 is 5.97 Å². The molecule has 0 spiro atoms. The molecule has 2 aromatic rings. The van der Waals surface area contributed by atoms with Crippen molar-refractivity contribution < 1.29 is 29.6 Å². The summed E-state index contributed by atoms with van der Waals surface area (Å²) in [4.78, 5) is 29.3. The fraction of sp³-hybridized carbons (Fsp3) is 0.515. The van der Waals surface area contributed by atoms with E-state index in [1.54, 1.807) is 25.2 Å². The van der Waals surface area contributed by atoms with Crippen LogP contribution in [0.25, 0.3) is 0 Å². The largest absolute Gasteiger partial charge is 0.487 e. The van der Waals surface area contributed by atoms with E-state index in [9.17, 15) is 24.9 Å². The Hall–Kier alpha value is -3.07. The van der Waals surface area contributed by atoms with E-state index in [0.29, 0.717) is 55.5 Å². The minimum absolute atomic E-state index is 0.134. The van der Waals surface area contributed by atoms with Crippen molar-refractivity contribution in [1.82, 2.24) is 4.90 Å². The average molecular weight is 597 g/mol. The second kappa shape index (κ2) is 13.1. The number of carboxylic acid groups (broad SMARTS) is 1. The minimum Gasteiger partial charge on any atom is -0.487 e. The molecule has 42 heavy (non-hydrogen) atoms. The first-order valence-electron chi connectivity index (χ1n) is 15.0. The summed E-state index contributed by atoms with van der Waals surface area (Å²) in [6.45, 7) is 2.09. The maximum atomic E-state index is 13.1. The number of allylic oxidation sites excluding steroid dienone is 1. The zero-order valence-electron chi connectivity index (χ0n) is 24.2. The third-order valence-electron chi connectivity index (χ3n) is 9.21. The molecule has 0 aromatic heterocycles. The molecule has 0 saturated heterocycles. The molecule has 2 aromatic carbocycles. The lowest BCUT2D eigenvalue weighted by Gasteiger charge is -2.42.